The molecule has 16 heavy (non-hydrogen) atoms. The Kier molecular flexibility index (Phi) is 4.40. The van der Waals surface area contributed by atoms with Crippen LogP contribution in [-0.2, 0) is 4.74 Å². The van der Waals surface area contributed by atoms with Crippen LogP contribution in [-0.4, -0.2) is 61.9 Å². The molecule has 0 aromatic heterocycles. The van der Waals surface area contributed by atoms with Gasteiger partial charge in [-0.1, -0.05) is 0 Å². The summed E-state index contributed by atoms with van der Waals surface area (Å²) >= 11 is 0. The van der Waals surface area contributed by atoms with Gasteiger partial charge >= 0.3 is 12.3 Å². The van der Waals surface area contributed by atoms with Crippen molar-refractivity contribution >= 4 is 6.09 Å². The van der Waals surface area contributed by atoms with Gasteiger partial charge < -0.3 is 14.5 Å². The Morgan fingerprint density at radius 1 is 1.25 bits per heavy atom. The molecule has 1 aliphatic heterocycles. The van der Waals surface area contributed by atoms with Crippen LogP contribution in [0.15, 0.2) is 0 Å². The minimum absolute atomic E-state index is 0.410. The van der Waals surface area contributed by atoms with Crippen LogP contribution in [0.3, 0.4) is 0 Å². The molecule has 1 heterocycles. The van der Waals surface area contributed by atoms with Crippen molar-refractivity contribution in [3.63, 3.8) is 0 Å². The Morgan fingerprint density at radius 3 is 2.56 bits per heavy atom. The summed E-state index contributed by atoms with van der Waals surface area (Å²) in [4.78, 5) is 14.6. The highest BCUT2D eigenvalue weighted by Gasteiger charge is 2.31. The Bertz CT molecular complexity index is 245. The van der Waals surface area contributed by atoms with Crippen molar-refractivity contribution in [1.29, 1.82) is 0 Å². The van der Waals surface area contributed by atoms with Crippen molar-refractivity contribution in [1.82, 2.24) is 9.80 Å². The number of likely N-dealkylation sites (N-methyl/N-ethyl adjacent to an activating group) is 1. The molecule has 7 heteroatoms. The number of ether oxygens (including phenoxy) is 1. The molecule has 0 atom stereocenters. The predicted octanol–water partition coefficient (Wildman–Crippen LogP) is 1.32. The van der Waals surface area contributed by atoms with Gasteiger partial charge in [-0.2, -0.15) is 13.2 Å². The zero-order valence-corrected chi connectivity index (χ0v) is 9.09. The molecule has 1 aliphatic rings. The van der Waals surface area contributed by atoms with E-state index in [0.29, 0.717) is 19.6 Å². The second-order valence-corrected chi connectivity index (χ2v) is 3.81. The van der Waals surface area contributed by atoms with Gasteiger partial charge in [-0.15, -0.1) is 0 Å². The smallest absolute Gasteiger partial charge is 0.422 e. The second kappa shape index (κ2) is 5.38. The molecule has 1 fully saturated rings. The third-order valence-electron chi connectivity index (χ3n) is 2.34. The molecule has 0 aromatic rings. The van der Waals surface area contributed by atoms with Gasteiger partial charge in [0, 0.05) is 19.6 Å². The van der Waals surface area contributed by atoms with E-state index in [2.05, 4.69) is 4.74 Å². The van der Waals surface area contributed by atoms with Gasteiger partial charge in [0.2, 0.25) is 0 Å². The van der Waals surface area contributed by atoms with Crippen molar-refractivity contribution < 1.29 is 22.7 Å². The molecular formula is C9H15F3N2O2. The second-order valence-electron chi connectivity index (χ2n) is 3.81. The highest BCUT2D eigenvalue weighted by Crippen LogP contribution is 2.15. The average Bonchev–Trinajstić information content (AvgIpc) is 2.38. The summed E-state index contributed by atoms with van der Waals surface area (Å²) in [6.07, 6.45) is -4.59. The number of carbonyl (C=O) groups is 1. The summed E-state index contributed by atoms with van der Waals surface area (Å²) in [7, 11) is 1.91. The van der Waals surface area contributed by atoms with E-state index in [0.717, 1.165) is 13.0 Å². The van der Waals surface area contributed by atoms with Crippen molar-refractivity contribution in [2.75, 3.05) is 39.8 Å². The van der Waals surface area contributed by atoms with E-state index in [1.807, 2.05) is 11.9 Å². The van der Waals surface area contributed by atoms with Crippen molar-refractivity contribution in [3.8, 4) is 0 Å². The first kappa shape index (κ1) is 13.1. The Labute approximate surface area is 91.9 Å². The lowest BCUT2D eigenvalue weighted by molar-refractivity contribution is -0.162. The lowest BCUT2D eigenvalue weighted by Crippen LogP contribution is -2.36. The number of hydrogen-bond donors (Lipinski definition) is 0. The molecule has 0 aliphatic carbocycles. The first-order valence-corrected chi connectivity index (χ1v) is 5.05. The fourth-order valence-electron chi connectivity index (χ4n) is 1.46. The van der Waals surface area contributed by atoms with E-state index in [1.165, 1.54) is 4.90 Å². The van der Waals surface area contributed by atoms with E-state index in [4.69, 9.17) is 0 Å². The minimum Gasteiger partial charge on any atom is -0.440 e. The van der Waals surface area contributed by atoms with Gasteiger partial charge in [-0.3, -0.25) is 0 Å². The number of amides is 1. The van der Waals surface area contributed by atoms with Crippen LogP contribution in [0.2, 0.25) is 0 Å². The summed E-state index contributed by atoms with van der Waals surface area (Å²) in [6, 6.07) is 0. The quantitative estimate of drug-likeness (QED) is 0.693. The Balaban J connectivity index is 2.35. The van der Waals surface area contributed by atoms with Gasteiger partial charge in [0.1, 0.15) is 0 Å². The SMILES string of the molecule is CN1CCCN(C(=O)OCC(F)(F)F)CC1. The number of alkyl halides is 3. The normalized spacial score (nSPS) is 19.4. The molecule has 0 radical (unpaired) electrons. The maximum Gasteiger partial charge on any atom is 0.422 e. The minimum atomic E-state index is -4.46. The molecule has 0 N–H and O–H groups in total. The average molecular weight is 240 g/mol. The van der Waals surface area contributed by atoms with Crippen LogP contribution in [0.25, 0.3) is 0 Å². The molecule has 0 spiro atoms. The maximum atomic E-state index is 11.8. The lowest BCUT2D eigenvalue weighted by atomic mass is 10.4. The molecule has 0 unspecified atom stereocenters. The number of nitrogens with zero attached hydrogens (tertiary/aromatic N) is 2. The summed E-state index contributed by atoms with van der Waals surface area (Å²) in [6.45, 7) is 0.830. The topological polar surface area (TPSA) is 32.8 Å². The lowest BCUT2D eigenvalue weighted by Gasteiger charge is -2.20. The maximum absolute atomic E-state index is 11.8. The van der Waals surface area contributed by atoms with Crippen LogP contribution >= 0.6 is 0 Å². The van der Waals surface area contributed by atoms with Crippen LogP contribution < -0.4 is 0 Å². The van der Waals surface area contributed by atoms with E-state index in [1.54, 1.807) is 0 Å². The molecule has 1 saturated heterocycles. The summed E-state index contributed by atoms with van der Waals surface area (Å²) in [5.74, 6) is 0. The van der Waals surface area contributed by atoms with Crippen LogP contribution in [0, 0.1) is 0 Å². The highest BCUT2D eigenvalue weighted by molar-refractivity contribution is 5.67. The van der Waals surface area contributed by atoms with Gasteiger partial charge in [-0.25, -0.2) is 4.79 Å². The Hall–Kier alpha value is -0.980. The third kappa shape index (κ3) is 4.69. The van der Waals surface area contributed by atoms with E-state index in [9.17, 15) is 18.0 Å². The predicted molar refractivity (Wildman–Crippen MR) is 51.1 cm³/mol. The molecular weight excluding hydrogens is 225 g/mol. The number of carbonyl (C=O) groups excluding carboxylic acids is 1. The molecule has 0 bridgehead atoms. The summed E-state index contributed by atoms with van der Waals surface area (Å²) in [5, 5.41) is 0. The summed E-state index contributed by atoms with van der Waals surface area (Å²) in [5.41, 5.74) is 0. The standard InChI is InChI=1S/C9H15F3N2O2/c1-13-3-2-4-14(6-5-13)8(15)16-7-9(10,11)12/h2-7H2,1H3. The zero-order chi connectivity index (χ0) is 12.2. The van der Waals surface area contributed by atoms with Crippen molar-refractivity contribution in [2.24, 2.45) is 0 Å². The van der Waals surface area contributed by atoms with Crippen LogP contribution in [0.5, 0.6) is 0 Å². The van der Waals surface area contributed by atoms with E-state index < -0.39 is 18.9 Å². The third-order valence-corrected chi connectivity index (χ3v) is 2.34. The molecule has 94 valence electrons. The van der Waals surface area contributed by atoms with E-state index in [-0.39, 0.29) is 0 Å². The largest absolute Gasteiger partial charge is 0.440 e. The van der Waals surface area contributed by atoms with Gasteiger partial charge in [0.05, 0.1) is 0 Å². The van der Waals surface area contributed by atoms with Gasteiger partial charge in [-0.05, 0) is 20.0 Å². The number of rotatable bonds is 1. The number of hydrogen-bond acceptors (Lipinski definition) is 3. The van der Waals surface area contributed by atoms with E-state index >= 15 is 0 Å². The molecule has 0 aromatic carbocycles. The molecule has 1 amide bonds. The van der Waals surface area contributed by atoms with Crippen LogP contribution in [0.1, 0.15) is 6.42 Å². The molecule has 0 saturated carbocycles. The summed E-state index contributed by atoms with van der Waals surface area (Å²) < 4.78 is 39.6. The highest BCUT2D eigenvalue weighted by atomic mass is 19.4. The van der Waals surface area contributed by atoms with Gasteiger partial charge in [0.25, 0.3) is 0 Å². The van der Waals surface area contributed by atoms with Gasteiger partial charge in [0.15, 0.2) is 6.61 Å². The Morgan fingerprint density at radius 2 is 1.94 bits per heavy atom. The molecule has 1 rings (SSSR count). The molecule has 4 nitrogen and oxygen atoms in total. The van der Waals surface area contributed by atoms with Crippen molar-refractivity contribution in [3.05, 3.63) is 0 Å². The first-order valence-electron chi connectivity index (χ1n) is 5.05. The zero-order valence-electron chi connectivity index (χ0n) is 9.09. The monoisotopic (exact) mass is 240 g/mol. The fraction of sp³-hybridized carbons (Fsp3) is 0.889. The fourth-order valence-corrected chi connectivity index (χ4v) is 1.46. The first-order chi connectivity index (χ1) is 7.38. The van der Waals surface area contributed by atoms with Crippen LogP contribution in [0.4, 0.5) is 18.0 Å². The van der Waals surface area contributed by atoms with Crippen molar-refractivity contribution in [2.45, 2.75) is 12.6 Å². The number of halogens is 3.